The average Bonchev–Trinajstić information content (AvgIpc) is 2.82. The van der Waals surface area contributed by atoms with Gasteiger partial charge in [0, 0.05) is 38.1 Å². The Balaban J connectivity index is 1.88. The maximum absolute atomic E-state index is 13.0. The highest BCUT2D eigenvalue weighted by molar-refractivity contribution is 5.65. The van der Waals surface area contributed by atoms with Crippen molar-refractivity contribution < 1.29 is 4.39 Å². The lowest BCUT2D eigenvalue weighted by Gasteiger charge is -2.17. The van der Waals surface area contributed by atoms with Crippen LogP contribution in [0.2, 0.25) is 0 Å². The highest BCUT2D eigenvalue weighted by Crippen LogP contribution is 2.25. The van der Waals surface area contributed by atoms with Gasteiger partial charge in [-0.2, -0.15) is 5.10 Å². The third kappa shape index (κ3) is 3.13. The zero-order valence-electron chi connectivity index (χ0n) is 14.3. The van der Waals surface area contributed by atoms with Gasteiger partial charge in [0.15, 0.2) is 0 Å². The molecule has 2 aromatic heterocycles. The van der Waals surface area contributed by atoms with Crippen LogP contribution in [0.25, 0.3) is 11.3 Å². The van der Waals surface area contributed by atoms with Gasteiger partial charge in [0.25, 0.3) is 0 Å². The van der Waals surface area contributed by atoms with Crippen LogP contribution in [0.3, 0.4) is 0 Å². The molecule has 0 N–H and O–H groups in total. The van der Waals surface area contributed by atoms with E-state index in [-0.39, 0.29) is 5.82 Å². The molecule has 0 bridgehead atoms. The predicted molar refractivity (Wildman–Crippen MR) is 92.2 cm³/mol. The van der Waals surface area contributed by atoms with Gasteiger partial charge in [-0.05, 0) is 37.6 Å². The number of nitrogens with zero attached hydrogens (tertiary/aromatic N) is 5. The van der Waals surface area contributed by atoms with Crippen LogP contribution in [0.15, 0.2) is 36.5 Å². The zero-order valence-corrected chi connectivity index (χ0v) is 14.3. The number of aromatic nitrogens is 4. The van der Waals surface area contributed by atoms with E-state index in [9.17, 15) is 4.39 Å². The summed E-state index contributed by atoms with van der Waals surface area (Å²) in [6, 6.07) is 8.36. The SMILES string of the molecule is Cc1nn(C)c(C)c1-c1ccnc(N(C)Cc2ccc(F)cc2)n1. The first-order valence-corrected chi connectivity index (χ1v) is 7.75. The van der Waals surface area contributed by atoms with Crippen LogP contribution in [0, 0.1) is 19.7 Å². The van der Waals surface area contributed by atoms with E-state index < -0.39 is 0 Å². The molecule has 2 heterocycles. The van der Waals surface area contributed by atoms with E-state index in [4.69, 9.17) is 0 Å². The van der Waals surface area contributed by atoms with Gasteiger partial charge >= 0.3 is 0 Å². The zero-order chi connectivity index (χ0) is 17.3. The van der Waals surface area contributed by atoms with Crippen molar-refractivity contribution in [2.75, 3.05) is 11.9 Å². The largest absolute Gasteiger partial charge is 0.340 e. The second-order valence-corrected chi connectivity index (χ2v) is 5.89. The number of hydrogen-bond donors (Lipinski definition) is 0. The Kier molecular flexibility index (Phi) is 4.29. The van der Waals surface area contributed by atoms with Crippen molar-refractivity contribution in [3.8, 4) is 11.3 Å². The lowest BCUT2D eigenvalue weighted by atomic mass is 10.1. The Labute approximate surface area is 140 Å². The summed E-state index contributed by atoms with van der Waals surface area (Å²) in [4.78, 5) is 11.0. The quantitative estimate of drug-likeness (QED) is 0.738. The molecule has 24 heavy (non-hydrogen) atoms. The van der Waals surface area contributed by atoms with Crippen molar-refractivity contribution in [1.82, 2.24) is 19.7 Å². The minimum Gasteiger partial charge on any atom is -0.340 e. The van der Waals surface area contributed by atoms with Crippen molar-refractivity contribution in [2.45, 2.75) is 20.4 Å². The van der Waals surface area contributed by atoms with Crippen molar-refractivity contribution >= 4 is 5.95 Å². The summed E-state index contributed by atoms with van der Waals surface area (Å²) >= 11 is 0. The molecule has 0 aliphatic carbocycles. The molecule has 1 aromatic carbocycles. The average molecular weight is 325 g/mol. The molecule has 5 nitrogen and oxygen atoms in total. The smallest absolute Gasteiger partial charge is 0.225 e. The van der Waals surface area contributed by atoms with Crippen molar-refractivity contribution in [1.29, 1.82) is 0 Å². The van der Waals surface area contributed by atoms with E-state index in [1.165, 1.54) is 12.1 Å². The number of benzene rings is 1. The topological polar surface area (TPSA) is 46.8 Å². The summed E-state index contributed by atoms with van der Waals surface area (Å²) in [7, 11) is 3.85. The molecule has 0 saturated carbocycles. The van der Waals surface area contributed by atoms with E-state index >= 15 is 0 Å². The van der Waals surface area contributed by atoms with Crippen LogP contribution in [-0.2, 0) is 13.6 Å². The Morgan fingerprint density at radius 2 is 1.83 bits per heavy atom. The first-order chi connectivity index (χ1) is 11.5. The van der Waals surface area contributed by atoms with Crippen LogP contribution in [0.1, 0.15) is 17.0 Å². The standard InChI is InChI=1S/C18H20FN5/c1-12-17(13(2)24(4)22-12)16-9-10-20-18(21-16)23(3)11-14-5-7-15(19)8-6-14/h5-10H,11H2,1-4H3. The lowest BCUT2D eigenvalue weighted by Crippen LogP contribution is -2.19. The van der Waals surface area contributed by atoms with E-state index in [0.29, 0.717) is 12.5 Å². The third-order valence-electron chi connectivity index (χ3n) is 4.08. The number of aryl methyl sites for hydroxylation is 2. The third-order valence-corrected chi connectivity index (χ3v) is 4.08. The number of anilines is 1. The van der Waals surface area contributed by atoms with Gasteiger partial charge in [-0.1, -0.05) is 12.1 Å². The van der Waals surface area contributed by atoms with Gasteiger partial charge in [0.2, 0.25) is 5.95 Å². The first kappa shape index (κ1) is 16.1. The van der Waals surface area contributed by atoms with Gasteiger partial charge < -0.3 is 4.90 Å². The Morgan fingerprint density at radius 3 is 2.46 bits per heavy atom. The molecular formula is C18H20FN5. The molecule has 0 fully saturated rings. The normalized spacial score (nSPS) is 10.9. The molecule has 0 spiro atoms. The van der Waals surface area contributed by atoms with Gasteiger partial charge in [-0.3, -0.25) is 4.68 Å². The van der Waals surface area contributed by atoms with E-state index in [2.05, 4.69) is 15.1 Å². The second kappa shape index (κ2) is 6.39. The van der Waals surface area contributed by atoms with E-state index in [0.717, 1.165) is 28.2 Å². The minimum atomic E-state index is -0.234. The molecule has 3 rings (SSSR count). The Bertz CT molecular complexity index is 854. The van der Waals surface area contributed by atoms with Gasteiger partial charge in [0.1, 0.15) is 5.82 Å². The molecule has 0 unspecified atom stereocenters. The summed E-state index contributed by atoms with van der Waals surface area (Å²) in [6.07, 6.45) is 1.75. The Morgan fingerprint density at radius 1 is 1.12 bits per heavy atom. The van der Waals surface area contributed by atoms with Crippen molar-refractivity contribution in [2.24, 2.45) is 7.05 Å². The fourth-order valence-electron chi connectivity index (χ4n) is 2.75. The monoisotopic (exact) mass is 325 g/mol. The highest BCUT2D eigenvalue weighted by atomic mass is 19.1. The van der Waals surface area contributed by atoms with Gasteiger partial charge in [-0.25, -0.2) is 14.4 Å². The maximum atomic E-state index is 13.0. The summed E-state index contributed by atoms with van der Waals surface area (Å²) in [5.74, 6) is 0.390. The molecule has 0 amide bonds. The van der Waals surface area contributed by atoms with Crippen molar-refractivity contribution in [3.63, 3.8) is 0 Å². The molecule has 0 atom stereocenters. The van der Waals surface area contributed by atoms with Crippen LogP contribution < -0.4 is 4.90 Å². The van der Waals surface area contributed by atoms with Crippen molar-refractivity contribution in [3.05, 3.63) is 59.3 Å². The van der Waals surface area contributed by atoms with Crippen LogP contribution >= 0.6 is 0 Å². The number of hydrogen-bond acceptors (Lipinski definition) is 4. The summed E-state index contributed by atoms with van der Waals surface area (Å²) in [5.41, 5.74) is 4.91. The lowest BCUT2D eigenvalue weighted by molar-refractivity contribution is 0.627. The summed E-state index contributed by atoms with van der Waals surface area (Å²) in [5, 5.41) is 4.44. The number of halogens is 1. The van der Waals surface area contributed by atoms with E-state index in [1.807, 2.05) is 43.6 Å². The molecule has 0 radical (unpaired) electrons. The molecule has 6 heteroatoms. The predicted octanol–water partition coefficient (Wildman–Crippen LogP) is 3.27. The maximum Gasteiger partial charge on any atom is 0.225 e. The van der Waals surface area contributed by atoms with Gasteiger partial charge in [0.05, 0.1) is 11.4 Å². The Hall–Kier alpha value is -2.76. The fourth-order valence-corrected chi connectivity index (χ4v) is 2.75. The van der Waals surface area contributed by atoms with E-state index in [1.54, 1.807) is 18.3 Å². The first-order valence-electron chi connectivity index (χ1n) is 7.75. The summed E-state index contributed by atoms with van der Waals surface area (Å²) in [6.45, 7) is 4.61. The molecule has 0 aliphatic rings. The van der Waals surface area contributed by atoms with Crippen LogP contribution in [-0.4, -0.2) is 26.8 Å². The molecule has 3 aromatic rings. The minimum absolute atomic E-state index is 0.234. The molecule has 0 saturated heterocycles. The van der Waals surface area contributed by atoms with Gasteiger partial charge in [-0.15, -0.1) is 0 Å². The molecule has 124 valence electrons. The second-order valence-electron chi connectivity index (χ2n) is 5.89. The van der Waals surface area contributed by atoms with Crippen LogP contribution in [0.5, 0.6) is 0 Å². The number of rotatable bonds is 4. The van der Waals surface area contributed by atoms with Crippen LogP contribution in [0.4, 0.5) is 10.3 Å². The summed E-state index contributed by atoms with van der Waals surface area (Å²) < 4.78 is 14.9. The molecular weight excluding hydrogens is 305 g/mol. The highest BCUT2D eigenvalue weighted by Gasteiger charge is 2.14. The molecule has 0 aliphatic heterocycles. The fraction of sp³-hybridized carbons (Fsp3) is 0.278.